The van der Waals surface area contributed by atoms with Crippen LogP contribution >= 0.6 is 15.9 Å². The minimum absolute atomic E-state index is 0.0753. The minimum Gasteiger partial charge on any atom is -0.339 e. The zero-order chi connectivity index (χ0) is 15.0. The van der Waals surface area contributed by atoms with Crippen LogP contribution in [0.1, 0.15) is 23.2 Å². The lowest BCUT2D eigenvalue weighted by Gasteiger charge is -2.35. The van der Waals surface area contributed by atoms with E-state index in [1.165, 1.54) is 12.1 Å². The number of carbonyl (C=O) groups is 2. The van der Waals surface area contributed by atoms with Crippen molar-refractivity contribution in [2.45, 2.75) is 12.8 Å². The highest BCUT2D eigenvalue weighted by Gasteiger charge is 2.35. The Hall–Kier alpha value is -1.43. The van der Waals surface area contributed by atoms with Gasteiger partial charge in [0.15, 0.2) is 0 Å². The van der Waals surface area contributed by atoms with Crippen LogP contribution in [0.2, 0.25) is 0 Å². The summed E-state index contributed by atoms with van der Waals surface area (Å²) in [5, 5.41) is 0. The molecule has 21 heavy (non-hydrogen) atoms. The van der Waals surface area contributed by atoms with Gasteiger partial charge in [-0.3, -0.25) is 9.59 Å². The van der Waals surface area contributed by atoms with Gasteiger partial charge in [0.05, 0.1) is 5.56 Å². The van der Waals surface area contributed by atoms with Gasteiger partial charge in [0.25, 0.3) is 5.91 Å². The van der Waals surface area contributed by atoms with Crippen molar-refractivity contribution in [1.82, 2.24) is 9.80 Å². The van der Waals surface area contributed by atoms with Crippen LogP contribution in [0, 0.1) is 11.7 Å². The highest BCUT2D eigenvalue weighted by molar-refractivity contribution is 9.10. The highest BCUT2D eigenvalue weighted by atomic mass is 79.9. The third-order valence-electron chi connectivity index (χ3n) is 3.96. The summed E-state index contributed by atoms with van der Waals surface area (Å²) in [6, 6.07) is 4.35. The van der Waals surface area contributed by atoms with Gasteiger partial charge in [0, 0.05) is 36.6 Å². The number of halogens is 2. The average Bonchev–Trinajstić information content (AvgIpc) is 3.33. The molecule has 2 fully saturated rings. The number of rotatable bonds is 2. The average molecular weight is 355 g/mol. The summed E-state index contributed by atoms with van der Waals surface area (Å²) in [5.74, 6) is -0.419. The van der Waals surface area contributed by atoms with Crippen LogP contribution in [0.15, 0.2) is 22.7 Å². The molecule has 0 bridgehead atoms. The number of piperazine rings is 1. The van der Waals surface area contributed by atoms with Crippen molar-refractivity contribution in [1.29, 1.82) is 0 Å². The van der Waals surface area contributed by atoms with Crippen LogP contribution in [0.3, 0.4) is 0 Å². The fraction of sp³-hybridized carbons (Fsp3) is 0.467. The molecule has 1 aromatic rings. The van der Waals surface area contributed by atoms with E-state index >= 15 is 0 Å². The summed E-state index contributed by atoms with van der Waals surface area (Å²) in [7, 11) is 0. The van der Waals surface area contributed by atoms with E-state index < -0.39 is 5.82 Å². The molecule has 0 spiro atoms. The van der Waals surface area contributed by atoms with Crippen molar-refractivity contribution in [3.05, 3.63) is 34.1 Å². The number of nitrogens with zero attached hydrogens (tertiary/aromatic N) is 2. The third kappa shape index (κ3) is 3.10. The lowest BCUT2D eigenvalue weighted by atomic mass is 10.1. The number of hydrogen-bond donors (Lipinski definition) is 0. The number of hydrogen-bond acceptors (Lipinski definition) is 2. The van der Waals surface area contributed by atoms with Crippen LogP contribution in [0.25, 0.3) is 0 Å². The summed E-state index contributed by atoms with van der Waals surface area (Å²) in [4.78, 5) is 27.7. The monoisotopic (exact) mass is 354 g/mol. The molecule has 2 aliphatic rings. The predicted molar refractivity (Wildman–Crippen MR) is 79.3 cm³/mol. The summed E-state index contributed by atoms with van der Waals surface area (Å²) >= 11 is 3.25. The molecule has 6 heteroatoms. The molecular formula is C15H16BrFN2O2. The first kappa shape index (κ1) is 14.5. The number of benzene rings is 1. The minimum atomic E-state index is -0.514. The smallest absolute Gasteiger partial charge is 0.256 e. The lowest BCUT2D eigenvalue weighted by molar-refractivity contribution is -0.134. The maximum atomic E-state index is 13.8. The molecule has 1 aliphatic heterocycles. The standard InChI is InChI=1S/C15H16BrFN2O2/c16-11-3-4-13(17)12(9-11)15(21)19-7-5-18(6-8-19)14(20)10-1-2-10/h3-4,9-10H,1-2,5-8H2. The van der Waals surface area contributed by atoms with Gasteiger partial charge in [0.1, 0.15) is 5.82 Å². The van der Waals surface area contributed by atoms with E-state index in [0.29, 0.717) is 30.7 Å². The van der Waals surface area contributed by atoms with E-state index in [1.54, 1.807) is 11.0 Å². The van der Waals surface area contributed by atoms with Crippen molar-refractivity contribution < 1.29 is 14.0 Å². The summed E-state index contributed by atoms with van der Waals surface area (Å²) in [6.45, 7) is 2.00. The molecule has 1 heterocycles. The summed E-state index contributed by atoms with van der Waals surface area (Å²) < 4.78 is 14.4. The van der Waals surface area contributed by atoms with Crippen LogP contribution in [-0.2, 0) is 4.79 Å². The normalized spacial score (nSPS) is 18.8. The third-order valence-corrected chi connectivity index (χ3v) is 4.46. The molecule has 0 radical (unpaired) electrons. The van der Waals surface area contributed by atoms with Gasteiger partial charge in [-0.15, -0.1) is 0 Å². The summed E-state index contributed by atoms with van der Waals surface area (Å²) in [5.41, 5.74) is 0.0753. The van der Waals surface area contributed by atoms with E-state index in [-0.39, 0.29) is 23.3 Å². The van der Waals surface area contributed by atoms with Crippen molar-refractivity contribution in [3.63, 3.8) is 0 Å². The second-order valence-electron chi connectivity index (χ2n) is 5.52. The zero-order valence-corrected chi connectivity index (χ0v) is 13.1. The van der Waals surface area contributed by atoms with Crippen molar-refractivity contribution >= 4 is 27.7 Å². The first-order valence-electron chi connectivity index (χ1n) is 7.09. The largest absolute Gasteiger partial charge is 0.339 e. The lowest BCUT2D eigenvalue weighted by Crippen LogP contribution is -2.51. The zero-order valence-electron chi connectivity index (χ0n) is 11.5. The quantitative estimate of drug-likeness (QED) is 0.817. The maximum absolute atomic E-state index is 13.8. The predicted octanol–water partition coefficient (Wildman–Crippen LogP) is 2.28. The highest BCUT2D eigenvalue weighted by Crippen LogP contribution is 2.31. The Kier molecular flexibility index (Phi) is 3.97. The van der Waals surface area contributed by atoms with E-state index in [4.69, 9.17) is 0 Å². The molecule has 112 valence electrons. The van der Waals surface area contributed by atoms with E-state index in [0.717, 1.165) is 12.8 Å². The van der Waals surface area contributed by atoms with Gasteiger partial charge < -0.3 is 9.80 Å². The first-order valence-corrected chi connectivity index (χ1v) is 7.88. The Balaban J connectivity index is 1.64. The molecule has 1 saturated carbocycles. The molecule has 0 unspecified atom stereocenters. The molecule has 2 amide bonds. The molecule has 0 N–H and O–H groups in total. The Morgan fingerprint density at radius 3 is 2.33 bits per heavy atom. The number of amides is 2. The van der Waals surface area contributed by atoms with E-state index in [1.807, 2.05) is 4.90 Å². The fourth-order valence-corrected chi connectivity index (χ4v) is 2.91. The molecule has 1 aromatic carbocycles. The van der Waals surface area contributed by atoms with Gasteiger partial charge in [-0.25, -0.2) is 4.39 Å². The Morgan fingerprint density at radius 2 is 1.71 bits per heavy atom. The molecule has 0 aromatic heterocycles. The van der Waals surface area contributed by atoms with Gasteiger partial charge >= 0.3 is 0 Å². The van der Waals surface area contributed by atoms with Crippen LogP contribution < -0.4 is 0 Å². The summed E-state index contributed by atoms with van der Waals surface area (Å²) in [6.07, 6.45) is 1.97. The Labute approximate surface area is 131 Å². The molecule has 1 aliphatic carbocycles. The van der Waals surface area contributed by atoms with E-state index in [2.05, 4.69) is 15.9 Å². The van der Waals surface area contributed by atoms with Gasteiger partial charge in [-0.05, 0) is 31.0 Å². The molecule has 4 nitrogen and oxygen atoms in total. The van der Waals surface area contributed by atoms with Gasteiger partial charge in [-0.1, -0.05) is 15.9 Å². The van der Waals surface area contributed by atoms with Crippen LogP contribution in [0.5, 0.6) is 0 Å². The van der Waals surface area contributed by atoms with E-state index in [9.17, 15) is 14.0 Å². The van der Waals surface area contributed by atoms with Crippen molar-refractivity contribution in [3.8, 4) is 0 Å². The van der Waals surface area contributed by atoms with Gasteiger partial charge in [-0.2, -0.15) is 0 Å². The second-order valence-corrected chi connectivity index (χ2v) is 6.43. The topological polar surface area (TPSA) is 40.6 Å². The van der Waals surface area contributed by atoms with Crippen LogP contribution in [-0.4, -0.2) is 47.8 Å². The Morgan fingerprint density at radius 1 is 1.10 bits per heavy atom. The second kappa shape index (κ2) is 5.75. The van der Waals surface area contributed by atoms with Crippen molar-refractivity contribution in [2.75, 3.05) is 26.2 Å². The molecule has 3 rings (SSSR count). The van der Waals surface area contributed by atoms with Gasteiger partial charge in [0.2, 0.25) is 5.91 Å². The van der Waals surface area contributed by atoms with Crippen LogP contribution in [0.4, 0.5) is 4.39 Å². The first-order chi connectivity index (χ1) is 10.1. The molecule has 1 saturated heterocycles. The number of carbonyl (C=O) groups excluding carboxylic acids is 2. The maximum Gasteiger partial charge on any atom is 0.256 e. The van der Waals surface area contributed by atoms with Crippen molar-refractivity contribution in [2.24, 2.45) is 5.92 Å². The fourth-order valence-electron chi connectivity index (χ4n) is 2.55. The molecular weight excluding hydrogens is 339 g/mol. The Bertz CT molecular complexity index is 581. The SMILES string of the molecule is O=C(c1cc(Br)ccc1F)N1CCN(C(=O)C2CC2)CC1. The molecule has 0 atom stereocenters.